The van der Waals surface area contributed by atoms with E-state index in [2.05, 4.69) is 24.3 Å². The summed E-state index contributed by atoms with van der Waals surface area (Å²) in [5.74, 6) is 0. The van der Waals surface area contributed by atoms with Gasteiger partial charge in [-0.15, -0.1) is 0 Å². The topological polar surface area (TPSA) is 44.0 Å². The molecule has 0 amide bonds. The van der Waals surface area contributed by atoms with Crippen LogP contribution in [0.3, 0.4) is 0 Å². The summed E-state index contributed by atoms with van der Waals surface area (Å²) in [7, 11) is 3.25. The van der Waals surface area contributed by atoms with Crippen LogP contribution in [-0.4, -0.2) is 9.13 Å². The Hall–Kier alpha value is -4.18. The van der Waals surface area contributed by atoms with E-state index in [1.54, 1.807) is 32.3 Å². The van der Waals surface area contributed by atoms with E-state index in [1.165, 1.54) is 9.13 Å². The van der Waals surface area contributed by atoms with Gasteiger partial charge in [-0.05, 0) is 40.5 Å². The van der Waals surface area contributed by atoms with E-state index in [-0.39, 0.29) is 11.1 Å². The normalized spacial score (nSPS) is 12.6. The number of allylic oxidation sites excluding steroid dienone is 1. The summed E-state index contributed by atoms with van der Waals surface area (Å²) in [5.41, 5.74) is 3.71. The van der Waals surface area contributed by atoms with Crippen molar-refractivity contribution >= 4 is 18.2 Å². The van der Waals surface area contributed by atoms with Crippen molar-refractivity contribution in [3.63, 3.8) is 0 Å². The lowest BCUT2D eigenvalue weighted by atomic mass is 10.0. The van der Waals surface area contributed by atoms with Gasteiger partial charge in [-0.1, -0.05) is 91.0 Å². The lowest BCUT2D eigenvalue weighted by Crippen LogP contribution is -2.56. The average molecular weight is 421 g/mol. The lowest BCUT2D eigenvalue weighted by Gasteiger charge is -2.04. The van der Waals surface area contributed by atoms with Gasteiger partial charge in [0.05, 0.1) is 0 Å². The van der Waals surface area contributed by atoms with Crippen LogP contribution in [-0.2, 0) is 14.1 Å². The predicted molar refractivity (Wildman–Crippen MR) is 132 cm³/mol. The van der Waals surface area contributed by atoms with Crippen molar-refractivity contribution in [3.05, 3.63) is 134 Å². The van der Waals surface area contributed by atoms with Crippen LogP contribution in [0, 0.1) is 0 Å². The Morgan fingerprint density at radius 3 is 1.91 bits per heavy atom. The first kappa shape index (κ1) is 21.1. The molecule has 0 spiro atoms. The van der Waals surface area contributed by atoms with E-state index in [4.69, 9.17) is 0 Å². The molecule has 0 unspecified atom stereocenters. The van der Waals surface area contributed by atoms with Gasteiger partial charge in [-0.25, -0.2) is 0 Å². The first-order valence-electron chi connectivity index (χ1n) is 10.4. The van der Waals surface area contributed by atoms with Gasteiger partial charge in [-0.3, -0.25) is 9.59 Å². The van der Waals surface area contributed by atoms with E-state index in [9.17, 15) is 9.59 Å². The molecule has 1 heterocycles. The molecule has 0 aliphatic rings. The molecule has 0 atom stereocenters. The highest BCUT2D eigenvalue weighted by Crippen LogP contribution is 2.20. The number of nitrogens with zero attached hydrogens (tertiary/aromatic N) is 2. The van der Waals surface area contributed by atoms with E-state index in [1.807, 2.05) is 66.7 Å². The fourth-order valence-electron chi connectivity index (χ4n) is 3.60. The molecule has 0 saturated heterocycles. The van der Waals surface area contributed by atoms with Crippen molar-refractivity contribution in [1.29, 1.82) is 0 Å². The minimum Gasteiger partial charge on any atom is -0.305 e. The molecule has 4 heteroatoms. The Balaban J connectivity index is 1.73. The van der Waals surface area contributed by atoms with Crippen LogP contribution in [0.2, 0.25) is 0 Å². The summed E-state index contributed by atoms with van der Waals surface area (Å²) in [6, 6.07) is 27.8. The van der Waals surface area contributed by atoms with E-state index in [0.717, 1.165) is 22.3 Å². The maximum Gasteiger partial charge on any atom is 0.274 e. The molecule has 158 valence electrons. The summed E-state index contributed by atoms with van der Waals surface area (Å²) in [5, 5.41) is 0.679. The minimum absolute atomic E-state index is 0.221. The van der Waals surface area contributed by atoms with Gasteiger partial charge in [0.15, 0.2) is 0 Å². The largest absolute Gasteiger partial charge is 0.305 e. The number of hydrogen-bond acceptors (Lipinski definition) is 2. The Bertz CT molecular complexity index is 1510. The van der Waals surface area contributed by atoms with E-state index >= 15 is 0 Å². The maximum absolute atomic E-state index is 13.0. The van der Waals surface area contributed by atoms with Crippen LogP contribution in [0.5, 0.6) is 0 Å². The third-order valence-electron chi connectivity index (χ3n) is 5.41. The number of aromatic nitrogens is 2. The van der Waals surface area contributed by atoms with Gasteiger partial charge >= 0.3 is 0 Å². The number of rotatable bonds is 4. The summed E-state index contributed by atoms with van der Waals surface area (Å²) in [4.78, 5) is 25.9. The second-order valence-electron chi connectivity index (χ2n) is 7.57. The third-order valence-corrected chi connectivity index (χ3v) is 5.41. The van der Waals surface area contributed by atoms with Gasteiger partial charge in [-0.2, -0.15) is 0 Å². The Morgan fingerprint density at radius 1 is 0.625 bits per heavy atom. The Labute approximate surface area is 186 Å². The Morgan fingerprint density at radius 2 is 1.19 bits per heavy atom. The molecule has 0 radical (unpaired) electrons. The van der Waals surface area contributed by atoms with E-state index in [0.29, 0.717) is 10.7 Å². The Kier molecular flexibility index (Phi) is 6.13. The van der Waals surface area contributed by atoms with Crippen molar-refractivity contribution < 1.29 is 0 Å². The van der Waals surface area contributed by atoms with Crippen LogP contribution in [0.25, 0.3) is 29.4 Å². The predicted octanol–water partition coefficient (Wildman–Crippen LogP) is 3.07. The van der Waals surface area contributed by atoms with Crippen molar-refractivity contribution in [2.45, 2.75) is 0 Å². The monoisotopic (exact) mass is 420 g/mol. The van der Waals surface area contributed by atoms with Crippen molar-refractivity contribution in [1.82, 2.24) is 9.13 Å². The minimum atomic E-state index is -0.225. The van der Waals surface area contributed by atoms with Crippen LogP contribution in [0.15, 0.2) is 101 Å². The van der Waals surface area contributed by atoms with Crippen molar-refractivity contribution in [2.75, 3.05) is 0 Å². The molecule has 4 aromatic rings. The standard InChI is InChI=1S/C28H24N2O2/c1-29-25(27(31)30(2)26(28(29)32)20-22-11-5-3-6-12-22)18-10-14-21-13-9-17-24(19-21)23-15-7-4-8-16-23/h3-20H,1-2H3. The molecule has 4 nitrogen and oxygen atoms in total. The highest BCUT2D eigenvalue weighted by atomic mass is 16.1. The van der Waals surface area contributed by atoms with Gasteiger partial charge in [0.25, 0.3) is 11.1 Å². The highest BCUT2D eigenvalue weighted by molar-refractivity contribution is 5.68. The fourth-order valence-corrected chi connectivity index (χ4v) is 3.60. The number of hydrogen-bond donors (Lipinski definition) is 0. The van der Waals surface area contributed by atoms with Crippen LogP contribution in [0.1, 0.15) is 11.1 Å². The molecule has 0 N–H and O–H groups in total. The summed E-state index contributed by atoms with van der Waals surface area (Å²) < 4.78 is 2.81. The fraction of sp³-hybridized carbons (Fsp3) is 0.0714. The SMILES string of the molecule is Cn1c(=O)c(=Cc2ccccc2)n(C)c(=O)c1=CC=Cc1cccc(-c2ccccc2)c1. The molecular formula is C28H24N2O2. The first-order valence-corrected chi connectivity index (χ1v) is 10.4. The van der Waals surface area contributed by atoms with Gasteiger partial charge in [0.1, 0.15) is 10.7 Å². The van der Waals surface area contributed by atoms with Crippen molar-refractivity contribution in [3.8, 4) is 11.1 Å². The smallest absolute Gasteiger partial charge is 0.274 e. The molecule has 1 aromatic heterocycles. The molecule has 3 aromatic carbocycles. The summed E-state index contributed by atoms with van der Waals surface area (Å²) >= 11 is 0. The number of benzene rings is 3. The molecular weight excluding hydrogens is 396 g/mol. The maximum atomic E-state index is 13.0. The zero-order valence-electron chi connectivity index (χ0n) is 18.1. The third kappa shape index (κ3) is 4.44. The highest BCUT2D eigenvalue weighted by Gasteiger charge is 2.04. The first-order chi connectivity index (χ1) is 15.5. The molecule has 0 saturated carbocycles. The average Bonchev–Trinajstić information content (AvgIpc) is 2.84. The van der Waals surface area contributed by atoms with E-state index < -0.39 is 0 Å². The van der Waals surface area contributed by atoms with Crippen LogP contribution < -0.4 is 21.8 Å². The molecule has 0 bridgehead atoms. The van der Waals surface area contributed by atoms with Gasteiger partial charge in [0.2, 0.25) is 0 Å². The zero-order valence-corrected chi connectivity index (χ0v) is 18.1. The molecule has 32 heavy (non-hydrogen) atoms. The second kappa shape index (κ2) is 9.31. The molecule has 4 rings (SSSR count). The summed E-state index contributed by atoms with van der Waals surface area (Å²) in [6.45, 7) is 0. The lowest BCUT2D eigenvalue weighted by molar-refractivity contribution is 0.696. The quantitative estimate of drug-likeness (QED) is 0.509. The second-order valence-corrected chi connectivity index (χ2v) is 7.57. The molecule has 0 aliphatic heterocycles. The van der Waals surface area contributed by atoms with Gasteiger partial charge < -0.3 is 9.13 Å². The van der Waals surface area contributed by atoms with Crippen LogP contribution >= 0.6 is 0 Å². The zero-order chi connectivity index (χ0) is 22.5. The summed E-state index contributed by atoms with van der Waals surface area (Å²) in [6.07, 6.45) is 7.16. The molecule has 0 fully saturated rings. The van der Waals surface area contributed by atoms with Crippen molar-refractivity contribution in [2.24, 2.45) is 14.1 Å². The van der Waals surface area contributed by atoms with Gasteiger partial charge in [0, 0.05) is 14.1 Å². The van der Waals surface area contributed by atoms with Crippen LogP contribution in [0.4, 0.5) is 0 Å². The molecule has 0 aliphatic carbocycles.